The Labute approximate surface area is 151 Å². The van der Waals surface area contributed by atoms with Crippen LogP contribution in [-0.4, -0.2) is 0 Å². The lowest BCUT2D eigenvalue weighted by atomic mass is 10.0. The number of hydrogen-bond acceptors (Lipinski definition) is 0. The average molecular weight is 532 g/mol. The maximum atomic E-state index is 6.64. The Bertz CT molecular complexity index is 625. The van der Waals surface area contributed by atoms with Gasteiger partial charge in [-0.3, -0.25) is 0 Å². The summed E-state index contributed by atoms with van der Waals surface area (Å²) in [6.07, 6.45) is 0. The molecular weight excluding hydrogens is 523 g/mol. The fraction of sp³-hybridized carbons (Fsp3) is 0.143. The topological polar surface area (TPSA) is 0 Å². The SMILES string of the molecule is Cc1cc(Br)c(C(Cl)c2cc(Br)ccc2Br)cc1Br. The zero-order chi connectivity index (χ0) is 14.2. The van der Waals surface area contributed by atoms with E-state index in [1.165, 1.54) is 5.56 Å². The van der Waals surface area contributed by atoms with E-state index in [9.17, 15) is 0 Å². The van der Waals surface area contributed by atoms with Crippen LogP contribution >= 0.6 is 75.3 Å². The Balaban J connectivity index is 2.52. The molecule has 0 saturated carbocycles. The Kier molecular flexibility index (Phi) is 5.58. The highest BCUT2D eigenvalue weighted by Crippen LogP contribution is 2.40. The highest BCUT2D eigenvalue weighted by Gasteiger charge is 2.18. The molecule has 0 bridgehead atoms. The number of alkyl halides is 1. The lowest BCUT2D eigenvalue weighted by molar-refractivity contribution is 1.10. The summed E-state index contributed by atoms with van der Waals surface area (Å²) < 4.78 is 4.08. The predicted octanol–water partition coefficient (Wildman–Crippen LogP) is 7.37. The molecule has 0 aliphatic heterocycles. The first-order valence-electron chi connectivity index (χ1n) is 5.44. The van der Waals surface area contributed by atoms with Gasteiger partial charge in [0.05, 0.1) is 5.38 Å². The number of benzene rings is 2. The van der Waals surface area contributed by atoms with Gasteiger partial charge in [0.25, 0.3) is 0 Å². The Hall–Kier alpha value is 0.650. The fourth-order valence-electron chi connectivity index (χ4n) is 1.73. The second-order valence-corrected chi connectivity index (χ2v) is 8.07. The van der Waals surface area contributed by atoms with Gasteiger partial charge in [-0.1, -0.05) is 63.7 Å². The molecule has 0 heterocycles. The molecule has 0 radical (unpaired) electrons. The molecule has 1 atom stereocenters. The molecule has 2 rings (SSSR count). The first-order chi connectivity index (χ1) is 8.90. The number of halogens is 5. The normalized spacial score (nSPS) is 12.5. The average Bonchev–Trinajstić information content (AvgIpc) is 2.36. The molecule has 0 aromatic heterocycles. The van der Waals surface area contributed by atoms with Gasteiger partial charge >= 0.3 is 0 Å². The van der Waals surface area contributed by atoms with E-state index in [4.69, 9.17) is 11.6 Å². The van der Waals surface area contributed by atoms with Crippen LogP contribution in [-0.2, 0) is 0 Å². The third-order valence-corrected chi connectivity index (χ3v) is 6.01. The van der Waals surface area contributed by atoms with Crippen molar-refractivity contribution in [3.8, 4) is 0 Å². The maximum Gasteiger partial charge on any atom is 0.0857 e. The summed E-state index contributed by atoms with van der Waals surface area (Å²) in [5, 5.41) is -0.224. The van der Waals surface area contributed by atoms with Crippen LogP contribution in [0.3, 0.4) is 0 Å². The zero-order valence-electron chi connectivity index (χ0n) is 9.85. The molecule has 0 saturated heterocycles. The van der Waals surface area contributed by atoms with Crippen LogP contribution in [0.2, 0.25) is 0 Å². The van der Waals surface area contributed by atoms with E-state index < -0.39 is 0 Å². The molecule has 2 aromatic rings. The standard InChI is InChI=1S/C14H9Br4Cl/c1-7-4-13(18)10(6-12(7)17)14(19)9-5-8(15)2-3-11(9)16/h2-6,14H,1H3. The van der Waals surface area contributed by atoms with Crippen molar-refractivity contribution in [3.05, 3.63) is 64.9 Å². The summed E-state index contributed by atoms with van der Waals surface area (Å²) >= 11 is 20.8. The number of rotatable bonds is 2. The second-order valence-electron chi connectivity index (χ2n) is 4.15. The van der Waals surface area contributed by atoms with Gasteiger partial charge in [0.1, 0.15) is 0 Å². The molecule has 1 unspecified atom stereocenters. The van der Waals surface area contributed by atoms with Gasteiger partial charge in [0.2, 0.25) is 0 Å². The largest absolute Gasteiger partial charge is 0.113 e. The molecule has 0 nitrogen and oxygen atoms in total. The molecule has 0 amide bonds. The molecule has 19 heavy (non-hydrogen) atoms. The van der Waals surface area contributed by atoms with Crippen molar-refractivity contribution in [2.45, 2.75) is 12.3 Å². The molecule has 0 N–H and O–H groups in total. The highest BCUT2D eigenvalue weighted by atomic mass is 79.9. The van der Waals surface area contributed by atoms with Crippen LogP contribution in [0.25, 0.3) is 0 Å². The third kappa shape index (κ3) is 3.65. The molecule has 0 fully saturated rings. The quantitative estimate of drug-likeness (QED) is 0.355. The smallest absolute Gasteiger partial charge is 0.0857 e. The van der Waals surface area contributed by atoms with Crippen LogP contribution in [0.1, 0.15) is 22.1 Å². The van der Waals surface area contributed by atoms with E-state index >= 15 is 0 Å². The zero-order valence-corrected chi connectivity index (χ0v) is 17.0. The lowest BCUT2D eigenvalue weighted by Crippen LogP contribution is -1.97. The maximum absolute atomic E-state index is 6.64. The molecule has 100 valence electrons. The van der Waals surface area contributed by atoms with Crippen LogP contribution in [0.4, 0.5) is 0 Å². The number of aryl methyl sites for hydroxylation is 1. The summed E-state index contributed by atoms with van der Waals surface area (Å²) in [5.41, 5.74) is 3.25. The third-order valence-electron chi connectivity index (χ3n) is 2.78. The van der Waals surface area contributed by atoms with Crippen LogP contribution in [0, 0.1) is 6.92 Å². The van der Waals surface area contributed by atoms with Crippen LogP contribution < -0.4 is 0 Å². The Morgan fingerprint density at radius 1 is 0.842 bits per heavy atom. The fourth-order valence-corrected chi connectivity index (χ4v) is 4.26. The molecule has 0 aliphatic carbocycles. The van der Waals surface area contributed by atoms with Crippen molar-refractivity contribution in [3.63, 3.8) is 0 Å². The molecular formula is C14H9Br4Cl. The van der Waals surface area contributed by atoms with Crippen molar-refractivity contribution >= 4 is 75.3 Å². The van der Waals surface area contributed by atoms with Crippen molar-refractivity contribution in [1.82, 2.24) is 0 Å². The molecule has 0 aliphatic rings. The van der Waals surface area contributed by atoms with Crippen molar-refractivity contribution in [1.29, 1.82) is 0 Å². The van der Waals surface area contributed by atoms with E-state index in [0.29, 0.717) is 0 Å². The van der Waals surface area contributed by atoms with Gasteiger partial charge in [-0.05, 0) is 53.9 Å². The number of hydrogen-bond donors (Lipinski definition) is 0. The van der Waals surface area contributed by atoms with Gasteiger partial charge in [-0.15, -0.1) is 11.6 Å². The van der Waals surface area contributed by atoms with Gasteiger partial charge in [0, 0.05) is 17.9 Å². The highest BCUT2D eigenvalue weighted by molar-refractivity contribution is 9.11. The molecule has 5 heteroatoms. The van der Waals surface area contributed by atoms with E-state index in [-0.39, 0.29) is 5.38 Å². The van der Waals surface area contributed by atoms with Crippen LogP contribution in [0.15, 0.2) is 48.2 Å². The van der Waals surface area contributed by atoms with Crippen molar-refractivity contribution in [2.75, 3.05) is 0 Å². The predicted molar refractivity (Wildman–Crippen MR) is 96.1 cm³/mol. The molecule has 2 aromatic carbocycles. The van der Waals surface area contributed by atoms with E-state index in [1.54, 1.807) is 0 Å². The minimum Gasteiger partial charge on any atom is -0.113 e. The van der Waals surface area contributed by atoms with E-state index in [2.05, 4.69) is 82.8 Å². The van der Waals surface area contributed by atoms with Gasteiger partial charge in [-0.25, -0.2) is 0 Å². The first-order valence-corrected chi connectivity index (χ1v) is 9.05. The Morgan fingerprint density at radius 2 is 1.47 bits per heavy atom. The summed E-state index contributed by atoms with van der Waals surface area (Å²) in [5.74, 6) is 0. The second kappa shape index (κ2) is 6.61. The van der Waals surface area contributed by atoms with Gasteiger partial charge in [-0.2, -0.15) is 0 Å². The first kappa shape index (κ1) is 16.0. The van der Waals surface area contributed by atoms with E-state index in [1.807, 2.05) is 18.2 Å². The molecule has 0 spiro atoms. The van der Waals surface area contributed by atoms with Gasteiger partial charge in [0.15, 0.2) is 0 Å². The van der Waals surface area contributed by atoms with Crippen LogP contribution in [0.5, 0.6) is 0 Å². The van der Waals surface area contributed by atoms with E-state index in [0.717, 1.165) is 29.0 Å². The lowest BCUT2D eigenvalue weighted by Gasteiger charge is -2.16. The van der Waals surface area contributed by atoms with Gasteiger partial charge < -0.3 is 0 Å². The van der Waals surface area contributed by atoms with Crippen molar-refractivity contribution < 1.29 is 0 Å². The summed E-state index contributed by atoms with van der Waals surface area (Å²) in [4.78, 5) is 0. The Morgan fingerprint density at radius 3 is 2.16 bits per heavy atom. The minimum atomic E-state index is -0.224. The van der Waals surface area contributed by atoms with Crippen molar-refractivity contribution in [2.24, 2.45) is 0 Å². The minimum absolute atomic E-state index is 0.224. The summed E-state index contributed by atoms with van der Waals surface area (Å²) in [7, 11) is 0. The monoisotopic (exact) mass is 528 g/mol. The summed E-state index contributed by atoms with van der Waals surface area (Å²) in [6, 6.07) is 10.1. The summed E-state index contributed by atoms with van der Waals surface area (Å²) in [6.45, 7) is 2.05.